The highest BCUT2D eigenvalue weighted by atomic mass is 32.2. The van der Waals surface area contributed by atoms with Crippen molar-refractivity contribution in [2.24, 2.45) is 4.99 Å². The van der Waals surface area contributed by atoms with E-state index in [9.17, 15) is 13.2 Å². The zero-order valence-electron chi connectivity index (χ0n) is 15.0. The number of rotatable bonds is 7. The van der Waals surface area contributed by atoms with Crippen molar-refractivity contribution >= 4 is 21.8 Å². The summed E-state index contributed by atoms with van der Waals surface area (Å²) < 4.78 is 33.4. The Bertz CT molecular complexity index is 969. The average molecular weight is 392 g/mol. The predicted octanol–water partition coefficient (Wildman–Crippen LogP) is 0.644. The van der Waals surface area contributed by atoms with Gasteiger partial charge in [-0.25, -0.2) is 17.9 Å². The van der Waals surface area contributed by atoms with E-state index in [2.05, 4.69) is 32.2 Å². The summed E-state index contributed by atoms with van der Waals surface area (Å²) >= 11 is 0. The molecule has 0 fully saturated rings. The Morgan fingerprint density at radius 1 is 1.37 bits per heavy atom. The molecule has 0 saturated carbocycles. The molecule has 1 atom stereocenters. The lowest BCUT2D eigenvalue weighted by molar-refractivity contribution is -0.146. The number of hydrogen-bond acceptors (Lipinski definition) is 8. The molecule has 0 aliphatic carbocycles. The van der Waals surface area contributed by atoms with Crippen molar-refractivity contribution in [3.8, 4) is 0 Å². The molecule has 11 heteroatoms. The van der Waals surface area contributed by atoms with Crippen LogP contribution < -0.4 is 4.72 Å². The number of carbonyl (C=O) groups is 1. The van der Waals surface area contributed by atoms with Gasteiger partial charge in [-0.3, -0.25) is 9.71 Å². The van der Waals surface area contributed by atoms with Crippen molar-refractivity contribution in [3.63, 3.8) is 0 Å². The molecule has 2 heterocycles. The maximum absolute atomic E-state index is 12.2. The van der Waals surface area contributed by atoms with Crippen molar-refractivity contribution in [1.29, 1.82) is 0 Å². The van der Waals surface area contributed by atoms with Gasteiger partial charge in [-0.2, -0.15) is 0 Å². The smallest absolute Gasteiger partial charge is 0.331 e. The monoisotopic (exact) mass is 392 g/mol. The van der Waals surface area contributed by atoms with Crippen LogP contribution in [0.1, 0.15) is 38.1 Å². The van der Waals surface area contributed by atoms with Gasteiger partial charge < -0.3 is 4.74 Å². The van der Waals surface area contributed by atoms with Gasteiger partial charge in [0.1, 0.15) is 11.9 Å². The lowest BCUT2D eigenvalue weighted by Crippen LogP contribution is -2.27. The van der Waals surface area contributed by atoms with E-state index in [1.54, 1.807) is 22.9 Å². The number of nitrogens with zero attached hydrogens (tertiary/aromatic N) is 5. The number of hydrogen-bond donors (Lipinski definition) is 1. The van der Waals surface area contributed by atoms with E-state index in [1.165, 1.54) is 13.0 Å². The first-order chi connectivity index (χ1) is 12.9. The van der Waals surface area contributed by atoms with Crippen LogP contribution in [0.5, 0.6) is 0 Å². The van der Waals surface area contributed by atoms with E-state index in [1.807, 2.05) is 0 Å². The van der Waals surface area contributed by atoms with Crippen LogP contribution >= 0.6 is 0 Å². The first kappa shape index (κ1) is 19.0. The van der Waals surface area contributed by atoms with Gasteiger partial charge in [0.15, 0.2) is 12.4 Å². The van der Waals surface area contributed by atoms with E-state index in [-0.39, 0.29) is 17.3 Å². The zero-order chi connectivity index (χ0) is 19.4. The molecule has 0 bridgehead atoms. The molecule has 2 aromatic rings. The van der Waals surface area contributed by atoms with E-state index >= 15 is 0 Å². The molecular weight excluding hydrogens is 372 g/mol. The third kappa shape index (κ3) is 4.13. The summed E-state index contributed by atoms with van der Waals surface area (Å²) in [6.45, 7) is 4.16. The molecule has 1 aromatic heterocycles. The molecule has 3 rings (SSSR count). The topological polar surface area (TPSA) is 128 Å². The van der Waals surface area contributed by atoms with Crippen molar-refractivity contribution < 1.29 is 17.9 Å². The lowest BCUT2D eigenvalue weighted by atomic mass is 10.2. The molecule has 0 saturated heterocycles. The van der Waals surface area contributed by atoms with E-state index in [0.717, 1.165) is 12.8 Å². The quantitative estimate of drug-likeness (QED) is 0.685. The van der Waals surface area contributed by atoms with Gasteiger partial charge in [0.2, 0.25) is 0 Å². The van der Waals surface area contributed by atoms with E-state index < -0.39 is 22.0 Å². The van der Waals surface area contributed by atoms with Gasteiger partial charge >= 0.3 is 5.97 Å². The number of nitrogens with one attached hydrogen (secondary N) is 1. The van der Waals surface area contributed by atoms with Crippen LogP contribution in [0.15, 0.2) is 34.2 Å². The van der Waals surface area contributed by atoms with Crippen LogP contribution in [-0.4, -0.2) is 46.5 Å². The van der Waals surface area contributed by atoms with Gasteiger partial charge in [0.25, 0.3) is 10.0 Å². The first-order valence-electron chi connectivity index (χ1n) is 8.54. The van der Waals surface area contributed by atoms with Crippen molar-refractivity contribution in [1.82, 2.24) is 24.9 Å². The molecule has 144 valence electrons. The number of amidine groups is 1. The highest BCUT2D eigenvalue weighted by Crippen LogP contribution is 2.22. The average Bonchev–Trinajstić information content (AvgIpc) is 3.20. The highest BCUT2D eigenvalue weighted by molar-refractivity contribution is 7.90. The first-order valence-corrected chi connectivity index (χ1v) is 10.0. The summed E-state index contributed by atoms with van der Waals surface area (Å²) in [5.41, 5.74) is 0.431. The Labute approximate surface area is 156 Å². The minimum atomic E-state index is -3.65. The molecule has 0 radical (unpaired) electrons. The number of tetrazole rings is 1. The molecule has 1 aromatic carbocycles. The van der Waals surface area contributed by atoms with E-state index in [0.29, 0.717) is 17.9 Å². The molecule has 0 unspecified atom stereocenters. The molecule has 1 aliphatic rings. The van der Waals surface area contributed by atoms with Gasteiger partial charge in [-0.1, -0.05) is 25.5 Å². The van der Waals surface area contributed by atoms with E-state index in [4.69, 9.17) is 4.74 Å². The molecular formula is C16H20N6O4S. The van der Waals surface area contributed by atoms with Gasteiger partial charge in [-0.05, 0) is 35.9 Å². The second kappa shape index (κ2) is 7.82. The highest BCUT2D eigenvalue weighted by Gasteiger charge is 2.31. The van der Waals surface area contributed by atoms with Crippen LogP contribution in [-0.2, 0) is 32.7 Å². The number of fused-ring (bicyclic) bond motifs is 1. The summed E-state index contributed by atoms with van der Waals surface area (Å²) in [4.78, 5) is 16.6. The number of aryl methyl sites for hydroxylation is 1. The van der Waals surface area contributed by atoms with Crippen LogP contribution in [0.3, 0.4) is 0 Å². The summed E-state index contributed by atoms with van der Waals surface area (Å²) in [6, 6.07) is 5.55. The Balaban J connectivity index is 1.67. The lowest BCUT2D eigenvalue weighted by Gasteiger charge is -2.09. The maximum Gasteiger partial charge on any atom is 0.331 e. The minimum Gasteiger partial charge on any atom is -0.456 e. The molecule has 27 heavy (non-hydrogen) atoms. The molecule has 0 spiro atoms. The van der Waals surface area contributed by atoms with Crippen LogP contribution in [0, 0.1) is 0 Å². The third-order valence-electron chi connectivity index (χ3n) is 4.00. The Kier molecular flexibility index (Phi) is 5.49. The standard InChI is InChI=1S/C16H20N6O4S/c1-3-4-9-22-14(18-20-21-22)10-26-16(23)11(2)17-15-12-7-5-6-8-13(12)27(24,25)19-15/h5-8,11H,3-4,9-10H2,1-2H3,(H,17,19)/t11-/m0/s1. The maximum atomic E-state index is 12.2. The number of aliphatic imine (C=N–C) groups is 1. The van der Waals surface area contributed by atoms with Crippen molar-refractivity contribution in [2.75, 3.05) is 0 Å². The SMILES string of the molecule is CCCCn1nnnc1COC(=O)[C@H](C)N=C1NS(=O)(=O)c2ccccc21. The fourth-order valence-corrected chi connectivity index (χ4v) is 3.78. The summed E-state index contributed by atoms with van der Waals surface area (Å²) in [5.74, 6) is -0.0254. The van der Waals surface area contributed by atoms with Crippen LogP contribution in [0.25, 0.3) is 0 Å². The number of ether oxygens (including phenoxy) is 1. The van der Waals surface area contributed by atoms with Crippen molar-refractivity contribution in [3.05, 3.63) is 35.7 Å². The second-order valence-electron chi connectivity index (χ2n) is 6.03. The zero-order valence-corrected chi connectivity index (χ0v) is 15.8. The predicted molar refractivity (Wildman–Crippen MR) is 95.3 cm³/mol. The Hall–Kier alpha value is -2.82. The molecule has 10 nitrogen and oxygen atoms in total. The summed E-state index contributed by atoms with van der Waals surface area (Å²) in [6.07, 6.45) is 1.90. The minimum absolute atomic E-state index is 0.0763. The summed E-state index contributed by atoms with van der Waals surface area (Å²) in [7, 11) is -3.65. The number of sulfonamides is 1. The van der Waals surface area contributed by atoms with Crippen LogP contribution in [0.4, 0.5) is 0 Å². The number of carbonyl (C=O) groups excluding carboxylic acids is 1. The third-order valence-corrected chi connectivity index (χ3v) is 5.40. The van der Waals surface area contributed by atoms with Crippen LogP contribution in [0.2, 0.25) is 0 Å². The van der Waals surface area contributed by atoms with Gasteiger partial charge in [0.05, 0.1) is 4.90 Å². The van der Waals surface area contributed by atoms with Crippen molar-refractivity contribution in [2.45, 2.75) is 50.8 Å². The molecule has 1 N–H and O–H groups in total. The number of benzene rings is 1. The number of unbranched alkanes of at least 4 members (excludes halogenated alkanes) is 1. The molecule has 0 amide bonds. The van der Waals surface area contributed by atoms with Gasteiger partial charge in [0, 0.05) is 12.1 Å². The van der Waals surface area contributed by atoms with Gasteiger partial charge in [-0.15, -0.1) is 5.10 Å². The Morgan fingerprint density at radius 3 is 2.93 bits per heavy atom. The number of aromatic nitrogens is 4. The molecule has 1 aliphatic heterocycles. The number of esters is 1. The normalized spacial score (nSPS) is 17.3. The fourth-order valence-electron chi connectivity index (χ4n) is 2.54. The summed E-state index contributed by atoms with van der Waals surface area (Å²) in [5, 5.41) is 11.3. The Morgan fingerprint density at radius 2 is 2.15 bits per heavy atom. The largest absolute Gasteiger partial charge is 0.456 e. The fraction of sp³-hybridized carbons (Fsp3) is 0.438. The second-order valence-corrected chi connectivity index (χ2v) is 7.69.